The minimum atomic E-state index is -4.55. The molecule has 3 aromatic heterocycles. The molecule has 7 nitrogen and oxygen atoms in total. The normalized spacial score (nSPS) is 14.5. The summed E-state index contributed by atoms with van der Waals surface area (Å²) in [6.07, 6.45) is -2.35. The summed E-state index contributed by atoms with van der Waals surface area (Å²) >= 11 is 0.948. The molecule has 0 saturated heterocycles. The summed E-state index contributed by atoms with van der Waals surface area (Å²) in [6.45, 7) is 2.33. The van der Waals surface area contributed by atoms with Gasteiger partial charge in [-0.05, 0) is 13.0 Å². The molecular weight excluding hydrogens is 369 g/mol. The second-order valence-electron chi connectivity index (χ2n) is 5.90. The van der Waals surface area contributed by atoms with Gasteiger partial charge in [-0.3, -0.25) is 4.79 Å². The highest BCUT2D eigenvalue weighted by atomic mass is 32.1. The molecule has 11 heteroatoms. The predicted octanol–water partition coefficient (Wildman–Crippen LogP) is 2.58. The van der Waals surface area contributed by atoms with Crippen LogP contribution in [-0.2, 0) is 19.1 Å². The smallest absolute Gasteiger partial charge is 0.347 e. The number of aromatic nitrogens is 5. The van der Waals surface area contributed by atoms with E-state index in [4.69, 9.17) is 0 Å². The zero-order valence-corrected chi connectivity index (χ0v) is 14.4. The molecule has 26 heavy (non-hydrogen) atoms. The lowest BCUT2D eigenvalue weighted by Gasteiger charge is -2.25. The fourth-order valence-corrected chi connectivity index (χ4v) is 3.62. The van der Waals surface area contributed by atoms with Crippen LogP contribution in [0.1, 0.15) is 33.3 Å². The number of hydrogen-bond donors (Lipinski definition) is 1. The van der Waals surface area contributed by atoms with Crippen molar-refractivity contribution in [1.82, 2.24) is 29.6 Å². The minimum Gasteiger partial charge on any atom is -0.347 e. The summed E-state index contributed by atoms with van der Waals surface area (Å²) in [5.41, 5.74) is 1.21. The van der Waals surface area contributed by atoms with E-state index in [0.29, 0.717) is 19.5 Å². The quantitative estimate of drug-likeness (QED) is 0.739. The van der Waals surface area contributed by atoms with Crippen molar-refractivity contribution < 1.29 is 18.0 Å². The molecule has 0 spiro atoms. The third-order valence-electron chi connectivity index (χ3n) is 4.08. The van der Waals surface area contributed by atoms with Crippen molar-refractivity contribution in [2.75, 3.05) is 6.54 Å². The molecule has 0 fully saturated rings. The molecule has 0 unspecified atom stereocenters. The van der Waals surface area contributed by atoms with Gasteiger partial charge in [-0.25, -0.2) is 14.6 Å². The summed E-state index contributed by atoms with van der Waals surface area (Å²) in [5, 5.41) is 5.32. The van der Waals surface area contributed by atoms with Crippen LogP contribution in [0.25, 0.3) is 5.13 Å². The molecule has 0 bridgehead atoms. The van der Waals surface area contributed by atoms with Crippen molar-refractivity contribution in [1.29, 1.82) is 0 Å². The van der Waals surface area contributed by atoms with E-state index in [0.717, 1.165) is 33.5 Å². The SMILES string of the molecule is Cc1cc(C(F)(F)F)n(-c2nc(C(=O)N3CCc4nc[nH]c4C3)cs2)n1. The van der Waals surface area contributed by atoms with Crippen molar-refractivity contribution in [3.63, 3.8) is 0 Å². The van der Waals surface area contributed by atoms with E-state index in [2.05, 4.69) is 20.1 Å². The molecule has 0 saturated carbocycles. The van der Waals surface area contributed by atoms with Gasteiger partial charge >= 0.3 is 6.18 Å². The number of H-pyrrole nitrogens is 1. The number of aryl methyl sites for hydroxylation is 1. The van der Waals surface area contributed by atoms with Gasteiger partial charge < -0.3 is 9.88 Å². The molecule has 4 heterocycles. The van der Waals surface area contributed by atoms with Crippen molar-refractivity contribution in [3.8, 4) is 5.13 Å². The maximum atomic E-state index is 13.1. The maximum absolute atomic E-state index is 13.1. The summed E-state index contributed by atoms with van der Waals surface area (Å²) < 4.78 is 40.2. The Hall–Kier alpha value is -2.69. The number of rotatable bonds is 2. The Labute approximate surface area is 149 Å². The summed E-state index contributed by atoms with van der Waals surface area (Å²) in [6, 6.07) is 0.952. The number of nitrogens with one attached hydrogen (secondary N) is 1. The second kappa shape index (κ2) is 5.94. The molecule has 0 aromatic carbocycles. The number of imidazole rings is 1. The Kier molecular flexibility index (Phi) is 3.83. The molecular formula is C15H13F3N6OS. The number of aromatic amines is 1. The summed E-state index contributed by atoms with van der Waals surface area (Å²) in [7, 11) is 0. The molecule has 0 atom stereocenters. The maximum Gasteiger partial charge on any atom is 0.433 e. The Balaban J connectivity index is 1.60. The summed E-state index contributed by atoms with van der Waals surface area (Å²) in [5.74, 6) is -0.329. The number of carbonyl (C=O) groups is 1. The van der Waals surface area contributed by atoms with Crippen molar-refractivity contribution in [3.05, 3.63) is 46.2 Å². The highest BCUT2D eigenvalue weighted by Crippen LogP contribution is 2.32. The molecule has 1 amide bonds. The molecule has 3 aromatic rings. The summed E-state index contributed by atoms with van der Waals surface area (Å²) in [4.78, 5) is 25.5. The lowest BCUT2D eigenvalue weighted by molar-refractivity contribution is -0.142. The van der Waals surface area contributed by atoms with Crippen LogP contribution in [0.4, 0.5) is 13.2 Å². The fraction of sp³-hybridized carbons (Fsp3) is 0.333. The number of thiazole rings is 1. The van der Waals surface area contributed by atoms with Crippen molar-refractivity contribution >= 4 is 17.2 Å². The first-order valence-corrected chi connectivity index (χ1v) is 8.61. The number of carbonyl (C=O) groups excluding carboxylic acids is 1. The van der Waals surface area contributed by atoms with Crippen LogP contribution in [0.15, 0.2) is 17.8 Å². The fourth-order valence-electron chi connectivity index (χ4n) is 2.85. The number of alkyl halides is 3. The Morgan fingerprint density at radius 1 is 1.38 bits per heavy atom. The minimum absolute atomic E-state index is 0.00742. The van der Waals surface area contributed by atoms with E-state index in [-0.39, 0.29) is 22.4 Å². The molecule has 136 valence electrons. The lowest BCUT2D eigenvalue weighted by Crippen LogP contribution is -2.36. The standard InChI is InChI=1S/C15H13F3N6OS/c1-8-4-12(15(16,17)18)24(22-8)14-21-11(6-26-14)13(25)23-3-2-9-10(5-23)20-7-19-9/h4,6-7H,2-3,5H2,1H3,(H,19,20). The number of fused-ring (bicyclic) bond motifs is 1. The molecule has 0 radical (unpaired) electrons. The van der Waals surface area contributed by atoms with Gasteiger partial charge in [-0.15, -0.1) is 11.3 Å². The van der Waals surface area contributed by atoms with Gasteiger partial charge in [-0.2, -0.15) is 18.3 Å². The predicted molar refractivity (Wildman–Crippen MR) is 86.0 cm³/mol. The molecule has 1 N–H and O–H groups in total. The largest absolute Gasteiger partial charge is 0.433 e. The van der Waals surface area contributed by atoms with Crippen LogP contribution in [0.2, 0.25) is 0 Å². The first-order chi connectivity index (χ1) is 12.3. The van der Waals surface area contributed by atoms with Crippen LogP contribution in [0.5, 0.6) is 0 Å². The topological polar surface area (TPSA) is 79.7 Å². The second-order valence-corrected chi connectivity index (χ2v) is 6.74. The van der Waals surface area contributed by atoms with Gasteiger partial charge in [-0.1, -0.05) is 0 Å². The van der Waals surface area contributed by atoms with Crippen molar-refractivity contribution in [2.45, 2.75) is 26.1 Å². The number of halogens is 3. The monoisotopic (exact) mass is 382 g/mol. The van der Waals surface area contributed by atoms with Gasteiger partial charge in [0.2, 0.25) is 5.13 Å². The average Bonchev–Trinajstić information content (AvgIpc) is 3.31. The van der Waals surface area contributed by atoms with Gasteiger partial charge in [0.25, 0.3) is 5.91 Å². The Morgan fingerprint density at radius 3 is 2.96 bits per heavy atom. The van der Waals surface area contributed by atoms with E-state index in [1.54, 1.807) is 11.2 Å². The molecule has 4 rings (SSSR count). The van der Waals surface area contributed by atoms with E-state index in [1.807, 2.05) is 0 Å². The van der Waals surface area contributed by atoms with Gasteiger partial charge in [0.15, 0.2) is 5.69 Å². The molecule has 0 aliphatic carbocycles. The van der Waals surface area contributed by atoms with Crippen LogP contribution in [0.3, 0.4) is 0 Å². The van der Waals surface area contributed by atoms with Gasteiger partial charge in [0.05, 0.1) is 30.0 Å². The van der Waals surface area contributed by atoms with Crippen LogP contribution in [-0.4, -0.2) is 42.1 Å². The third kappa shape index (κ3) is 2.87. The van der Waals surface area contributed by atoms with E-state index in [9.17, 15) is 18.0 Å². The Bertz CT molecular complexity index is 972. The number of nitrogens with zero attached hydrogens (tertiary/aromatic N) is 5. The van der Waals surface area contributed by atoms with E-state index in [1.165, 1.54) is 12.3 Å². The molecule has 1 aliphatic heterocycles. The lowest BCUT2D eigenvalue weighted by atomic mass is 10.1. The first-order valence-electron chi connectivity index (χ1n) is 7.73. The zero-order chi connectivity index (χ0) is 18.5. The number of amides is 1. The highest BCUT2D eigenvalue weighted by molar-refractivity contribution is 7.12. The van der Waals surface area contributed by atoms with Crippen LogP contribution < -0.4 is 0 Å². The first kappa shape index (κ1) is 16.8. The van der Waals surface area contributed by atoms with Gasteiger partial charge in [0, 0.05) is 18.3 Å². The van der Waals surface area contributed by atoms with Gasteiger partial charge in [0.1, 0.15) is 5.69 Å². The average molecular weight is 382 g/mol. The highest BCUT2D eigenvalue weighted by Gasteiger charge is 2.37. The molecule has 1 aliphatic rings. The van der Waals surface area contributed by atoms with Crippen molar-refractivity contribution in [2.24, 2.45) is 0 Å². The van der Waals surface area contributed by atoms with Crippen LogP contribution >= 0.6 is 11.3 Å². The van der Waals surface area contributed by atoms with Crippen LogP contribution in [0, 0.1) is 6.92 Å². The van der Waals surface area contributed by atoms with E-state index < -0.39 is 11.9 Å². The zero-order valence-electron chi connectivity index (χ0n) is 13.5. The van der Waals surface area contributed by atoms with E-state index >= 15 is 0 Å². The Morgan fingerprint density at radius 2 is 2.19 bits per heavy atom. The third-order valence-corrected chi connectivity index (χ3v) is 4.89. The number of hydrogen-bond acceptors (Lipinski definition) is 5.